The van der Waals surface area contributed by atoms with E-state index in [4.69, 9.17) is 0 Å². The van der Waals surface area contributed by atoms with Gasteiger partial charge in [-0.1, -0.05) is 15.9 Å². The number of halogens is 2. The van der Waals surface area contributed by atoms with E-state index in [2.05, 4.69) is 15.9 Å². The van der Waals surface area contributed by atoms with Gasteiger partial charge in [-0.25, -0.2) is 4.39 Å². The molecule has 0 saturated heterocycles. The van der Waals surface area contributed by atoms with Crippen molar-refractivity contribution in [2.75, 3.05) is 20.6 Å². The minimum absolute atomic E-state index is 0.0608. The number of carbonyl (C=O) groups excluding carboxylic acids is 1. The summed E-state index contributed by atoms with van der Waals surface area (Å²) in [7, 11) is 3.82. The number of rotatable bonds is 5. The number of Topliss-reactive ketones (excluding diaryl/α,β-unsaturated/α-hetero) is 1. The predicted molar refractivity (Wildman–Crippen MR) is 66.0 cm³/mol. The Hall–Kier alpha value is -0.740. The standard InChI is InChI=1S/C12H15BrFNO/c1-15(2)6-5-11(16)8-9-7-10(13)3-4-12(9)14/h3-4,7H,5-6,8H2,1-2H3. The van der Waals surface area contributed by atoms with E-state index < -0.39 is 0 Å². The van der Waals surface area contributed by atoms with E-state index in [-0.39, 0.29) is 18.0 Å². The third kappa shape index (κ3) is 4.41. The van der Waals surface area contributed by atoms with Crippen LogP contribution in [0.25, 0.3) is 0 Å². The normalized spacial score (nSPS) is 10.8. The Morgan fingerprint density at radius 3 is 2.75 bits per heavy atom. The fraction of sp³-hybridized carbons (Fsp3) is 0.417. The molecule has 0 aromatic heterocycles. The molecule has 0 bridgehead atoms. The molecule has 0 N–H and O–H groups in total. The second-order valence-corrected chi connectivity index (χ2v) is 4.92. The van der Waals surface area contributed by atoms with E-state index in [0.29, 0.717) is 18.5 Å². The SMILES string of the molecule is CN(C)CCC(=O)Cc1cc(Br)ccc1F. The molecule has 16 heavy (non-hydrogen) atoms. The molecular weight excluding hydrogens is 273 g/mol. The van der Waals surface area contributed by atoms with Gasteiger partial charge in [0.05, 0.1) is 0 Å². The van der Waals surface area contributed by atoms with Gasteiger partial charge in [-0.3, -0.25) is 4.79 Å². The lowest BCUT2D eigenvalue weighted by atomic mass is 10.1. The highest BCUT2D eigenvalue weighted by Gasteiger charge is 2.09. The third-order valence-corrected chi connectivity index (χ3v) is 2.73. The van der Waals surface area contributed by atoms with Crippen molar-refractivity contribution in [2.24, 2.45) is 0 Å². The van der Waals surface area contributed by atoms with Gasteiger partial charge >= 0.3 is 0 Å². The van der Waals surface area contributed by atoms with Gasteiger partial charge in [-0.2, -0.15) is 0 Å². The molecule has 2 nitrogen and oxygen atoms in total. The average Bonchev–Trinajstić information content (AvgIpc) is 2.20. The van der Waals surface area contributed by atoms with Gasteiger partial charge in [0, 0.05) is 23.9 Å². The Labute approximate surface area is 104 Å². The van der Waals surface area contributed by atoms with E-state index in [9.17, 15) is 9.18 Å². The second kappa shape index (κ2) is 6.11. The molecule has 0 spiro atoms. The number of benzene rings is 1. The average molecular weight is 288 g/mol. The van der Waals surface area contributed by atoms with Crippen molar-refractivity contribution in [3.05, 3.63) is 34.1 Å². The summed E-state index contributed by atoms with van der Waals surface area (Å²) in [5.41, 5.74) is 0.457. The van der Waals surface area contributed by atoms with Crippen LogP contribution in [-0.2, 0) is 11.2 Å². The first kappa shape index (κ1) is 13.3. The molecule has 1 rings (SSSR count). The summed E-state index contributed by atoms with van der Waals surface area (Å²) in [6, 6.07) is 4.66. The van der Waals surface area contributed by atoms with Gasteiger partial charge in [0.15, 0.2) is 0 Å². The highest BCUT2D eigenvalue weighted by Crippen LogP contribution is 2.16. The van der Waals surface area contributed by atoms with Crippen LogP contribution in [0.4, 0.5) is 4.39 Å². The summed E-state index contributed by atoms with van der Waals surface area (Å²) in [6.45, 7) is 0.703. The smallest absolute Gasteiger partial charge is 0.138 e. The van der Waals surface area contributed by atoms with Crippen LogP contribution in [0.2, 0.25) is 0 Å². The lowest BCUT2D eigenvalue weighted by Gasteiger charge is -2.08. The van der Waals surface area contributed by atoms with Gasteiger partial charge < -0.3 is 4.90 Å². The van der Waals surface area contributed by atoms with Gasteiger partial charge in [0.2, 0.25) is 0 Å². The minimum atomic E-state index is -0.318. The Balaban J connectivity index is 2.59. The number of ketones is 1. The van der Waals surface area contributed by atoms with Crippen molar-refractivity contribution >= 4 is 21.7 Å². The van der Waals surface area contributed by atoms with E-state index in [1.807, 2.05) is 19.0 Å². The van der Waals surface area contributed by atoms with Crippen molar-refractivity contribution in [1.29, 1.82) is 0 Å². The molecule has 0 atom stereocenters. The van der Waals surface area contributed by atoms with Crippen molar-refractivity contribution in [1.82, 2.24) is 4.90 Å². The molecule has 0 aliphatic carbocycles. The zero-order valence-corrected chi connectivity index (χ0v) is 11.1. The molecule has 1 aromatic carbocycles. The van der Waals surface area contributed by atoms with Crippen molar-refractivity contribution < 1.29 is 9.18 Å². The van der Waals surface area contributed by atoms with Crippen LogP contribution in [-0.4, -0.2) is 31.3 Å². The van der Waals surface area contributed by atoms with Crippen LogP contribution in [0.1, 0.15) is 12.0 Å². The lowest BCUT2D eigenvalue weighted by Crippen LogP contribution is -2.17. The van der Waals surface area contributed by atoms with Crippen LogP contribution < -0.4 is 0 Å². The molecular formula is C12H15BrFNO. The van der Waals surface area contributed by atoms with Crippen molar-refractivity contribution in [3.8, 4) is 0 Å². The zero-order chi connectivity index (χ0) is 12.1. The third-order valence-electron chi connectivity index (χ3n) is 2.23. The van der Waals surface area contributed by atoms with Crippen molar-refractivity contribution in [3.63, 3.8) is 0 Å². The van der Waals surface area contributed by atoms with E-state index in [0.717, 1.165) is 4.47 Å². The van der Waals surface area contributed by atoms with Crippen molar-refractivity contribution in [2.45, 2.75) is 12.8 Å². The molecule has 0 radical (unpaired) electrons. The monoisotopic (exact) mass is 287 g/mol. The second-order valence-electron chi connectivity index (χ2n) is 4.00. The number of nitrogens with zero attached hydrogens (tertiary/aromatic N) is 1. The Kier molecular flexibility index (Phi) is 5.09. The molecule has 0 amide bonds. The molecule has 4 heteroatoms. The molecule has 0 heterocycles. The topological polar surface area (TPSA) is 20.3 Å². The fourth-order valence-corrected chi connectivity index (χ4v) is 1.74. The lowest BCUT2D eigenvalue weighted by molar-refractivity contribution is -0.118. The first-order valence-electron chi connectivity index (χ1n) is 5.09. The van der Waals surface area contributed by atoms with Crippen LogP contribution >= 0.6 is 15.9 Å². The van der Waals surface area contributed by atoms with Crippen LogP contribution in [0.15, 0.2) is 22.7 Å². The van der Waals surface area contributed by atoms with E-state index >= 15 is 0 Å². The summed E-state index contributed by atoms with van der Waals surface area (Å²) in [6.07, 6.45) is 0.623. The van der Waals surface area contributed by atoms with Gasteiger partial charge in [-0.15, -0.1) is 0 Å². The van der Waals surface area contributed by atoms with Crippen LogP contribution in [0, 0.1) is 5.82 Å². The first-order valence-corrected chi connectivity index (χ1v) is 5.88. The fourth-order valence-electron chi connectivity index (χ4n) is 1.33. The number of hydrogen-bond acceptors (Lipinski definition) is 2. The van der Waals surface area contributed by atoms with E-state index in [1.54, 1.807) is 12.1 Å². The highest BCUT2D eigenvalue weighted by molar-refractivity contribution is 9.10. The van der Waals surface area contributed by atoms with Gasteiger partial charge in [0.25, 0.3) is 0 Å². The van der Waals surface area contributed by atoms with Crippen LogP contribution in [0.5, 0.6) is 0 Å². The maximum atomic E-state index is 13.3. The molecule has 0 aliphatic rings. The Morgan fingerprint density at radius 2 is 2.12 bits per heavy atom. The summed E-state index contributed by atoms with van der Waals surface area (Å²) in [5.74, 6) is -0.257. The largest absolute Gasteiger partial charge is 0.309 e. The highest BCUT2D eigenvalue weighted by atomic mass is 79.9. The molecule has 0 fully saturated rings. The summed E-state index contributed by atoms with van der Waals surface area (Å²) >= 11 is 3.26. The molecule has 0 saturated carbocycles. The van der Waals surface area contributed by atoms with Gasteiger partial charge in [-0.05, 0) is 37.9 Å². The maximum Gasteiger partial charge on any atom is 0.138 e. The minimum Gasteiger partial charge on any atom is -0.309 e. The first-order chi connectivity index (χ1) is 7.49. The molecule has 0 aliphatic heterocycles. The predicted octanol–water partition coefficient (Wildman–Crippen LogP) is 2.65. The number of hydrogen-bond donors (Lipinski definition) is 0. The Bertz CT molecular complexity index is 379. The molecule has 88 valence electrons. The van der Waals surface area contributed by atoms with E-state index in [1.165, 1.54) is 6.07 Å². The summed E-state index contributed by atoms with van der Waals surface area (Å²) in [4.78, 5) is 13.5. The Morgan fingerprint density at radius 1 is 1.44 bits per heavy atom. The maximum absolute atomic E-state index is 13.3. The van der Waals surface area contributed by atoms with Gasteiger partial charge in [0.1, 0.15) is 11.6 Å². The van der Waals surface area contributed by atoms with Crippen LogP contribution in [0.3, 0.4) is 0 Å². The molecule has 1 aromatic rings. The quantitative estimate of drug-likeness (QED) is 0.830. The summed E-state index contributed by atoms with van der Waals surface area (Å²) < 4.78 is 14.1. The zero-order valence-electron chi connectivity index (χ0n) is 9.46. The number of carbonyl (C=O) groups is 1. The molecule has 0 unspecified atom stereocenters. The summed E-state index contributed by atoms with van der Waals surface area (Å²) in [5, 5.41) is 0.